The summed E-state index contributed by atoms with van der Waals surface area (Å²) < 4.78 is 39.4. The van der Waals surface area contributed by atoms with Gasteiger partial charge in [0.2, 0.25) is 5.91 Å². The molecule has 1 heterocycles. The molecule has 1 saturated carbocycles. The minimum atomic E-state index is -0.784. The molecule has 1 aliphatic rings. The van der Waals surface area contributed by atoms with Crippen LogP contribution in [0.15, 0.2) is 42.5 Å². The first kappa shape index (κ1) is 22.9. The zero-order valence-corrected chi connectivity index (χ0v) is 17.9. The van der Waals surface area contributed by atoms with Gasteiger partial charge in [-0.2, -0.15) is 0 Å². The highest BCUT2D eigenvalue weighted by molar-refractivity contribution is 5.86. The summed E-state index contributed by atoms with van der Waals surface area (Å²) in [6.07, 6.45) is 3.22. The van der Waals surface area contributed by atoms with E-state index in [2.05, 4.69) is 4.98 Å². The van der Waals surface area contributed by atoms with Crippen molar-refractivity contribution >= 4 is 16.8 Å². The number of aromatic amines is 1. The second-order valence-corrected chi connectivity index (χ2v) is 8.68. The molecule has 3 aromatic rings. The van der Waals surface area contributed by atoms with Gasteiger partial charge in [0.1, 0.15) is 17.5 Å². The SMILES string of the molecule is CN(CC(C)(C)O)C(=O)C1CCC1.Fc1ccc(-c2cc3cc(F)cc(F)c3[nH]2)cc1. The van der Waals surface area contributed by atoms with Crippen molar-refractivity contribution in [1.82, 2.24) is 9.88 Å². The van der Waals surface area contributed by atoms with Crippen LogP contribution in [0.25, 0.3) is 22.2 Å². The van der Waals surface area contributed by atoms with E-state index in [0.29, 0.717) is 23.2 Å². The van der Waals surface area contributed by atoms with Gasteiger partial charge in [0, 0.05) is 36.7 Å². The lowest BCUT2D eigenvalue weighted by Crippen LogP contribution is -2.43. The molecule has 0 atom stereocenters. The number of H-pyrrole nitrogens is 1. The molecule has 1 amide bonds. The Labute approximate surface area is 179 Å². The fourth-order valence-electron chi connectivity index (χ4n) is 3.58. The van der Waals surface area contributed by atoms with Crippen LogP contribution in [0.1, 0.15) is 33.1 Å². The standard InChI is InChI=1S/C14H8F3N.C10H19NO2/c15-10-3-1-8(2-4-10)13-6-9-5-11(16)7-12(17)14(9)18-13;1-10(2,13)7-11(3)9(12)8-5-4-6-8/h1-7,18H;8,13H,4-7H2,1-3H3. The van der Waals surface area contributed by atoms with Crippen molar-refractivity contribution in [3.05, 3.63) is 59.9 Å². The van der Waals surface area contributed by atoms with Crippen LogP contribution >= 0.6 is 0 Å². The zero-order chi connectivity index (χ0) is 22.8. The number of carbonyl (C=O) groups is 1. The fraction of sp³-hybridized carbons (Fsp3) is 0.375. The first-order valence-corrected chi connectivity index (χ1v) is 10.2. The van der Waals surface area contributed by atoms with Gasteiger partial charge in [-0.25, -0.2) is 13.2 Å². The Bertz CT molecular complexity index is 1050. The lowest BCUT2D eigenvalue weighted by atomic mass is 9.84. The Morgan fingerprint density at radius 1 is 1.10 bits per heavy atom. The summed E-state index contributed by atoms with van der Waals surface area (Å²) in [5.74, 6) is -1.18. The van der Waals surface area contributed by atoms with Gasteiger partial charge in [-0.15, -0.1) is 0 Å². The third-order valence-electron chi connectivity index (χ3n) is 5.25. The molecule has 0 unspecified atom stereocenters. The van der Waals surface area contributed by atoms with Gasteiger partial charge in [-0.05, 0) is 68.7 Å². The number of aromatic nitrogens is 1. The molecule has 1 aliphatic carbocycles. The Morgan fingerprint density at radius 3 is 2.29 bits per heavy atom. The topological polar surface area (TPSA) is 56.3 Å². The van der Waals surface area contributed by atoms with Crippen LogP contribution in [0.4, 0.5) is 13.2 Å². The van der Waals surface area contributed by atoms with Crippen molar-refractivity contribution < 1.29 is 23.1 Å². The Hall–Kier alpha value is -2.80. The number of hydrogen-bond acceptors (Lipinski definition) is 2. The molecule has 4 rings (SSSR count). The van der Waals surface area contributed by atoms with Crippen molar-refractivity contribution in [2.45, 2.75) is 38.7 Å². The number of benzene rings is 2. The quantitative estimate of drug-likeness (QED) is 0.590. The van der Waals surface area contributed by atoms with Gasteiger partial charge in [0.25, 0.3) is 0 Å². The first-order valence-electron chi connectivity index (χ1n) is 10.2. The number of nitrogens with zero attached hydrogens (tertiary/aromatic N) is 1. The van der Waals surface area contributed by atoms with Crippen LogP contribution in [0.3, 0.4) is 0 Å². The van der Waals surface area contributed by atoms with Gasteiger partial charge < -0.3 is 15.0 Å². The lowest BCUT2D eigenvalue weighted by molar-refractivity contribution is -0.139. The van der Waals surface area contributed by atoms with E-state index in [0.717, 1.165) is 18.9 Å². The maximum atomic E-state index is 13.5. The van der Waals surface area contributed by atoms with Crippen LogP contribution in [0.2, 0.25) is 0 Å². The summed E-state index contributed by atoms with van der Waals surface area (Å²) >= 11 is 0. The monoisotopic (exact) mass is 432 g/mol. The normalized spacial score (nSPS) is 14.0. The molecular weight excluding hydrogens is 405 g/mol. The summed E-state index contributed by atoms with van der Waals surface area (Å²) in [4.78, 5) is 16.1. The number of amides is 1. The average molecular weight is 432 g/mol. The highest BCUT2D eigenvalue weighted by Gasteiger charge is 2.29. The first-order chi connectivity index (χ1) is 14.5. The van der Waals surface area contributed by atoms with Crippen LogP contribution in [0.5, 0.6) is 0 Å². The maximum Gasteiger partial charge on any atom is 0.225 e. The molecular formula is C24H27F3N2O2. The van der Waals surface area contributed by atoms with Crippen molar-refractivity contribution in [3.63, 3.8) is 0 Å². The highest BCUT2D eigenvalue weighted by atomic mass is 19.1. The van der Waals surface area contributed by atoms with Crippen molar-refractivity contribution in [3.8, 4) is 11.3 Å². The molecule has 2 aromatic carbocycles. The van der Waals surface area contributed by atoms with E-state index < -0.39 is 17.2 Å². The smallest absolute Gasteiger partial charge is 0.225 e. The molecule has 4 nitrogen and oxygen atoms in total. The fourth-order valence-corrected chi connectivity index (χ4v) is 3.58. The second-order valence-electron chi connectivity index (χ2n) is 8.68. The zero-order valence-electron chi connectivity index (χ0n) is 17.9. The predicted molar refractivity (Wildman–Crippen MR) is 115 cm³/mol. The van der Waals surface area contributed by atoms with Crippen molar-refractivity contribution in [2.75, 3.05) is 13.6 Å². The van der Waals surface area contributed by atoms with Crippen LogP contribution in [0, 0.1) is 23.4 Å². The third kappa shape index (κ3) is 5.88. The number of fused-ring (bicyclic) bond motifs is 1. The number of aliphatic hydroxyl groups is 1. The van der Waals surface area contributed by atoms with Crippen LogP contribution < -0.4 is 0 Å². The van der Waals surface area contributed by atoms with E-state index in [-0.39, 0.29) is 23.2 Å². The summed E-state index contributed by atoms with van der Waals surface area (Å²) in [7, 11) is 1.76. The summed E-state index contributed by atoms with van der Waals surface area (Å²) in [6, 6.07) is 9.50. The van der Waals surface area contributed by atoms with Crippen LogP contribution in [-0.4, -0.2) is 40.1 Å². The summed E-state index contributed by atoms with van der Waals surface area (Å²) in [5, 5.41) is 9.97. The number of likely N-dealkylation sites (N-methyl/N-ethyl adjacent to an activating group) is 1. The minimum Gasteiger partial charge on any atom is -0.389 e. The molecule has 166 valence electrons. The van der Waals surface area contributed by atoms with E-state index in [1.165, 1.54) is 24.6 Å². The summed E-state index contributed by atoms with van der Waals surface area (Å²) in [6.45, 7) is 3.86. The van der Waals surface area contributed by atoms with E-state index in [1.54, 1.807) is 44.0 Å². The maximum absolute atomic E-state index is 13.5. The summed E-state index contributed by atoms with van der Waals surface area (Å²) in [5.41, 5.74) is 0.798. The highest BCUT2D eigenvalue weighted by Crippen LogP contribution is 2.28. The van der Waals surface area contributed by atoms with E-state index in [9.17, 15) is 23.1 Å². The van der Waals surface area contributed by atoms with Gasteiger partial charge in [-0.1, -0.05) is 6.42 Å². The molecule has 0 bridgehead atoms. The Kier molecular flexibility index (Phi) is 6.74. The second kappa shape index (κ2) is 9.14. The number of hydrogen-bond donors (Lipinski definition) is 2. The number of rotatable bonds is 4. The number of nitrogens with one attached hydrogen (secondary N) is 1. The number of halogens is 3. The molecule has 2 N–H and O–H groups in total. The molecule has 0 saturated heterocycles. The average Bonchev–Trinajstić information content (AvgIpc) is 3.04. The minimum absolute atomic E-state index is 0.188. The number of carbonyl (C=O) groups excluding carboxylic acids is 1. The Balaban J connectivity index is 0.000000187. The van der Waals surface area contributed by atoms with E-state index >= 15 is 0 Å². The molecule has 31 heavy (non-hydrogen) atoms. The lowest BCUT2D eigenvalue weighted by Gasteiger charge is -2.32. The molecule has 1 aromatic heterocycles. The van der Waals surface area contributed by atoms with Gasteiger partial charge in [-0.3, -0.25) is 4.79 Å². The van der Waals surface area contributed by atoms with E-state index in [4.69, 9.17) is 0 Å². The van der Waals surface area contributed by atoms with Gasteiger partial charge in [0.15, 0.2) is 0 Å². The molecule has 1 fully saturated rings. The van der Waals surface area contributed by atoms with E-state index in [1.807, 2.05) is 0 Å². The van der Waals surface area contributed by atoms with Gasteiger partial charge in [0.05, 0.1) is 11.1 Å². The molecule has 0 aliphatic heterocycles. The molecule has 0 radical (unpaired) electrons. The third-order valence-corrected chi connectivity index (χ3v) is 5.25. The van der Waals surface area contributed by atoms with Crippen molar-refractivity contribution in [1.29, 1.82) is 0 Å². The largest absolute Gasteiger partial charge is 0.389 e. The van der Waals surface area contributed by atoms with Crippen molar-refractivity contribution in [2.24, 2.45) is 5.92 Å². The molecule has 7 heteroatoms. The Morgan fingerprint density at radius 2 is 1.74 bits per heavy atom. The van der Waals surface area contributed by atoms with Gasteiger partial charge >= 0.3 is 0 Å². The predicted octanol–water partition coefficient (Wildman–Crippen LogP) is 5.27. The molecule has 0 spiro atoms. The van der Waals surface area contributed by atoms with Crippen LogP contribution in [-0.2, 0) is 4.79 Å².